The van der Waals surface area contributed by atoms with Gasteiger partial charge in [0.2, 0.25) is 0 Å². The minimum atomic E-state index is -0.208. The minimum absolute atomic E-state index is 0.0254. The van der Waals surface area contributed by atoms with Gasteiger partial charge >= 0.3 is 0 Å². The number of carbonyl (C=O) groups is 2. The van der Waals surface area contributed by atoms with Crippen LogP contribution < -0.4 is 15.0 Å². The molecule has 1 heterocycles. The second kappa shape index (κ2) is 10.6. The van der Waals surface area contributed by atoms with Crippen LogP contribution in [0.2, 0.25) is 5.02 Å². The maximum absolute atomic E-state index is 12.7. The van der Waals surface area contributed by atoms with E-state index in [9.17, 15) is 9.59 Å². The lowest BCUT2D eigenvalue weighted by Gasteiger charge is -2.36. The lowest BCUT2D eigenvalue weighted by Crippen LogP contribution is -2.48. The molecule has 0 atom stereocenters. The molecule has 0 saturated carbocycles. The second-order valence-electron chi connectivity index (χ2n) is 8.42. The zero-order valence-electron chi connectivity index (χ0n) is 19.4. The summed E-state index contributed by atoms with van der Waals surface area (Å²) in [7, 11) is 0. The molecule has 0 aliphatic carbocycles. The van der Waals surface area contributed by atoms with Crippen molar-refractivity contribution in [2.75, 3.05) is 43.0 Å². The number of carbonyl (C=O) groups excluding carboxylic acids is 2. The molecule has 0 unspecified atom stereocenters. The summed E-state index contributed by atoms with van der Waals surface area (Å²) in [6.45, 7) is 6.79. The first-order valence-corrected chi connectivity index (χ1v) is 11.7. The molecule has 3 aromatic carbocycles. The number of benzene rings is 3. The summed E-state index contributed by atoms with van der Waals surface area (Å²) in [6, 6.07) is 20.5. The Hall–Kier alpha value is -3.51. The van der Waals surface area contributed by atoms with Gasteiger partial charge < -0.3 is 19.9 Å². The molecule has 1 aliphatic heterocycles. The normalized spacial score (nSPS) is 13.5. The standard InChI is InChI=1S/C27H28ClN3O3/c1-19-3-12-25(17-20(19)2)34-18-26(32)29-23-8-10-24(11-9-23)30-13-15-31(16-14-30)27(33)21-4-6-22(28)7-5-21/h3-12,17H,13-16,18H2,1-2H3,(H,29,32). The van der Waals surface area contributed by atoms with Crippen LogP contribution in [-0.4, -0.2) is 49.5 Å². The minimum Gasteiger partial charge on any atom is -0.484 e. The predicted molar refractivity (Wildman–Crippen MR) is 136 cm³/mol. The highest BCUT2D eigenvalue weighted by atomic mass is 35.5. The fraction of sp³-hybridized carbons (Fsp3) is 0.259. The first kappa shape index (κ1) is 23.6. The summed E-state index contributed by atoms with van der Waals surface area (Å²) in [6.07, 6.45) is 0. The number of nitrogens with zero attached hydrogens (tertiary/aromatic N) is 2. The molecular formula is C27H28ClN3O3. The van der Waals surface area contributed by atoms with Crippen LogP contribution >= 0.6 is 11.6 Å². The number of hydrogen-bond acceptors (Lipinski definition) is 4. The Balaban J connectivity index is 1.25. The van der Waals surface area contributed by atoms with Gasteiger partial charge in [0.15, 0.2) is 6.61 Å². The van der Waals surface area contributed by atoms with Crippen molar-refractivity contribution in [3.8, 4) is 5.75 Å². The summed E-state index contributed by atoms with van der Waals surface area (Å²) < 4.78 is 5.60. The highest BCUT2D eigenvalue weighted by Crippen LogP contribution is 2.21. The van der Waals surface area contributed by atoms with E-state index < -0.39 is 0 Å². The average molecular weight is 478 g/mol. The Morgan fingerprint density at radius 2 is 1.56 bits per heavy atom. The van der Waals surface area contributed by atoms with Gasteiger partial charge in [0.05, 0.1) is 0 Å². The molecule has 0 aromatic heterocycles. The highest BCUT2D eigenvalue weighted by molar-refractivity contribution is 6.30. The monoisotopic (exact) mass is 477 g/mol. The largest absolute Gasteiger partial charge is 0.484 e. The van der Waals surface area contributed by atoms with Gasteiger partial charge in [-0.25, -0.2) is 0 Å². The molecule has 2 amide bonds. The van der Waals surface area contributed by atoms with Crippen LogP contribution in [0.3, 0.4) is 0 Å². The Kier molecular flexibility index (Phi) is 7.38. The van der Waals surface area contributed by atoms with Crippen LogP contribution in [0.1, 0.15) is 21.5 Å². The van der Waals surface area contributed by atoms with E-state index in [1.54, 1.807) is 24.3 Å². The van der Waals surface area contributed by atoms with Crippen LogP contribution in [0.15, 0.2) is 66.7 Å². The van der Waals surface area contributed by atoms with Gasteiger partial charge in [-0.05, 0) is 85.6 Å². The summed E-state index contributed by atoms with van der Waals surface area (Å²) in [5.74, 6) is 0.500. The van der Waals surface area contributed by atoms with Crippen molar-refractivity contribution < 1.29 is 14.3 Å². The molecule has 176 valence electrons. The Morgan fingerprint density at radius 3 is 2.21 bits per heavy atom. The Morgan fingerprint density at radius 1 is 0.882 bits per heavy atom. The number of rotatable bonds is 6. The third-order valence-electron chi connectivity index (χ3n) is 6.02. The summed E-state index contributed by atoms with van der Waals surface area (Å²) >= 11 is 5.92. The number of hydrogen-bond donors (Lipinski definition) is 1. The molecule has 0 bridgehead atoms. The van der Waals surface area contributed by atoms with Crippen molar-refractivity contribution in [3.05, 3.63) is 88.4 Å². The van der Waals surface area contributed by atoms with Crippen molar-refractivity contribution in [2.45, 2.75) is 13.8 Å². The van der Waals surface area contributed by atoms with Crippen LogP contribution in [0.5, 0.6) is 5.75 Å². The molecule has 34 heavy (non-hydrogen) atoms. The molecule has 1 saturated heterocycles. The molecule has 7 heteroatoms. The summed E-state index contributed by atoms with van der Waals surface area (Å²) in [4.78, 5) is 29.1. The highest BCUT2D eigenvalue weighted by Gasteiger charge is 2.22. The van der Waals surface area contributed by atoms with E-state index in [-0.39, 0.29) is 18.4 Å². The fourth-order valence-electron chi connectivity index (χ4n) is 3.85. The van der Waals surface area contributed by atoms with Crippen molar-refractivity contribution in [2.24, 2.45) is 0 Å². The van der Waals surface area contributed by atoms with Crippen LogP contribution in [0.25, 0.3) is 0 Å². The molecule has 0 radical (unpaired) electrons. The number of ether oxygens (including phenoxy) is 1. The Labute approximate surface area is 205 Å². The zero-order valence-corrected chi connectivity index (χ0v) is 20.1. The van der Waals surface area contributed by atoms with Gasteiger partial charge in [0, 0.05) is 48.1 Å². The van der Waals surface area contributed by atoms with E-state index in [2.05, 4.69) is 10.2 Å². The average Bonchev–Trinajstić information content (AvgIpc) is 2.85. The van der Waals surface area contributed by atoms with E-state index >= 15 is 0 Å². The quantitative estimate of drug-likeness (QED) is 0.546. The first-order chi connectivity index (χ1) is 16.4. The molecule has 1 aliphatic rings. The Bertz CT molecular complexity index is 1150. The molecule has 0 spiro atoms. The lowest BCUT2D eigenvalue weighted by atomic mass is 10.1. The van der Waals surface area contributed by atoms with Crippen molar-refractivity contribution in [1.29, 1.82) is 0 Å². The van der Waals surface area contributed by atoms with E-state index in [0.717, 1.165) is 24.3 Å². The molecule has 6 nitrogen and oxygen atoms in total. The van der Waals surface area contributed by atoms with E-state index in [4.69, 9.17) is 16.3 Å². The number of piperazine rings is 1. The molecule has 1 N–H and O–H groups in total. The van der Waals surface area contributed by atoms with Gasteiger partial charge in [0.1, 0.15) is 5.75 Å². The number of anilines is 2. The molecular weight excluding hydrogens is 450 g/mol. The predicted octanol–water partition coefficient (Wildman–Crippen LogP) is 4.94. The van der Waals surface area contributed by atoms with E-state index in [1.807, 2.05) is 61.2 Å². The number of halogens is 1. The first-order valence-electron chi connectivity index (χ1n) is 11.3. The fourth-order valence-corrected chi connectivity index (χ4v) is 3.97. The SMILES string of the molecule is Cc1ccc(OCC(=O)Nc2ccc(N3CCN(C(=O)c4ccc(Cl)cc4)CC3)cc2)cc1C. The van der Waals surface area contributed by atoms with E-state index in [0.29, 0.717) is 35.1 Å². The summed E-state index contributed by atoms with van der Waals surface area (Å²) in [5.41, 5.74) is 4.74. The van der Waals surface area contributed by atoms with Crippen molar-refractivity contribution in [1.82, 2.24) is 4.90 Å². The van der Waals surface area contributed by atoms with Gasteiger partial charge in [0.25, 0.3) is 11.8 Å². The third-order valence-corrected chi connectivity index (χ3v) is 6.27. The second-order valence-corrected chi connectivity index (χ2v) is 8.85. The molecule has 4 rings (SSSR count). The van der Waals surface area contributed by atoms with Crippen LogP contribution in [-0.2, 0) is 4.79 Å². The zero-order chi connectivity index (χ0) is 24.1. The lowest BCUT2D eigenvalue weighted by molar-refractivity contribution is -0.118. The summed E-state index contributed by atoms with van der Waals surface area (Å²) in [5, 5.41) is 3.49. The molecule has 1 fully saturated rings. The van der Waals surface area contributed by atoms with Crippen molar-refractivity contribution >= 4 is 34.8 Å². The molecule has 3 aromatic rings. The van der Waals surface area contributed by atoms with Crippen LogP contribution in [0, 0.1) is 13.8 Å². The number of nitrogens with one attached hydrogen (secondary N) is 1. The van der Waals surface area contributed by atoms with Gasteiger partial charge in [-0.1, -0.05) is 17.7 Å². The van der Waals surface area contributed by atoms with Crippen LogP contribution in [0.4, 0.5) is 11.4 Å². The van der Waals surface area contributed by atoms with Crippen molar-refractivity contribution in [3.63, 3.8) is 0 Å². The topological polar surface area (TPSA) is 61.9 Å². The smallest absolute Gasteiger partial charge is 0.262 e. The number of amides is 2. The number of aryl methyl sites for hydroxylation is 2. The van der Waals surface area contributed by atoms with Gasteiger partial charge in [-0.15, -0.1) is 0 Å². The maximum Gasteiger partial charge on any atom is 0.262 e. The third kappa shape index (κ3) is 5.88. The van der Waals surface area contributed by atoms with Gasteiger partial charge in [-0.3, -0.25) is 9.59 Å². The van der Waals surface area contributed by atoms with Gasteiger partial charge in [-0.2, -0.15) is 0 Å². The maximum atomic E-state index is 12.7. The van der Waals surface area contributed by atoms with E-state index in [1.165, 1.54) is 5.56 Å².